The zero-order valence-corrected chi connectivity index (χ0v) is 11.4. The number of nitrogens with zero attached hydrogens (tertiary/aromatic N) is 2. The largest absolute Gasteiger partial charge is 0.436 e. The maximum atomic E-state index is 8.98. The van der Waals surface area contributed by atoms with Crippen molar-refractivity contribution in [2.75, 3.05) is 0 Å². The van der Waals surface area contributed by atoms with Gasteiger partial charge in [0, 0.05) is 5.56 Å². The molecule has 3 heteroatoms. The van der Waals surface area contributed by atoms with Crippen LogP contribution in [0.3, 0.4) is 0 Å². The van der Waals surface area contributed by atoms with Gasteiger partial charge in [0.25, 0.3) is 0 Å². The summed E-state index contributed by atoms with van der Waals surface area (Å²) >= 11 is 0. The molecule has 0 saturated heterocycles. The Morgan fingerprint density at radius 1 is 1.15 bits per heavy atom. The Balaban J connectivity index is 2.07. The molecule has 98 valence electrons. The molecule has 20 heavy (non-hydrogen) atoms. The minimum atomic E-state index is -0.140. The zero-order valence-electron chi connectivity index (χ0n) is 11.4. The van der Waals surface area contributed by atoms with Crippen molar-refractivity contribution in [3.63, 3.8) is 0 Å². The lowest BCUT2D eigenvalue weighted by atomic mass is 10.0. The summed E-state index contributed by atoms with van der Waals surface area (Å²) in [7, 11) is 0. The summed E-state index contributed by atoms with van der Waals surface area (Å²) in [5, 5.41) is 8.98. The topological polar surface area (TPSA) is 49.8 Å². The van der Waals surface area contributed by atoms with Crippen molar-refractivity contribution < 1.29 is 4.42 Å². The van der Waals surface area contributed by atoms with Crippen molar-refractivity contribution in [1.82, 2.24) is 4.98 Å². The molecule has 0 aliphatic carbocycles. The summed E-state index contributed by atoms with van der Waals surface area (Å²) in [5.41, 5.74) is 4.66. The molecule has 0 amide bonds. The Labute approximate surface area is 117 Å². The fourth-order valence-electron chi connectivity index (χ4n) is 2.11. The predicted molar refractivity (Wildman–Crippen MR) is 78.2 cm³/mol. The molecule has 3 aromatic rings. The molecule has 0 radical (unpaired) electrons. The molecule has 0 saturated carbocycles. The standard InChI is InChI=1S/C17H14N2O/c1-11-3-5-13(6-4-11)17-19-15-9-14(12(2)10-18)7-8-16(15)20-17/h3-9,12H,1-2H3/t12-/m1/s1. The van der Waals surface area contributed by atoms with Gasteiger partial charge in [-0.2, -0.15) is 5.26 Å². The first kappa shape index (κ1) is 12.4. The van der Waals surface area contributed by atoms with Gasteiger partial charge in [0.1, 0.15) is 5.52 Å². The molecule has 1 aromatic heterocycles. The number of aryl methyl sites for hydroxylation is 1. The van der Waals surface area contributed by atoms with E-state index in [0.717, 1.165) is 22.2 Å². The van der Waals surface area contributed by atoms with Gasteiger partial charge in [0.05, 0.1) is 12.0 Å². The van der Waals surface area contributed by atoms with E-state index in [1.807, 2.05) is 56.3 Å². The van der Waals surface area contributed by atoms with Crippen molar-refractivity contribution in [2.24, 2.45) is 0 Å². The van der Waals surface area contributed by atoms with E-state index in [1.54, 1.807) is 0 Å². The molecule has 3 nitrogen and oxygen atoms in total. The smallest absolute Gasteiger partial charge is 0.227 e. The van der Waals surface area contributed by atoms with Gasteiger partial charge in [-0.1, -0.05) is 23.8 Å². The third kappa shape index (κ3) is 2.17. The highest BCUT2D eigenvalue weighted by molar-refractivity contribution is 5.77. The Hall–Kier alpha value is -2.60. The van der Waals surface area contributed by atoms with Crippen LogP contribution < -0.4 is 0 Å². The summed E-state index contributed by atoms with van der Waals surface area (Å²) < 4.78 is 5.77. The van der Waals surface area contributed by atoms with E-state index in [1.165, 1.54) is 5.56 Å². The van der Waals surface area contributed by atoms with Crippen LogP contribution in [0.15, 0.2) is 46.9 Å². The first-order valence-electron chi connectivity index (χ1n) is 6.54. The Morgan fingerprint density at radius 3 is 2.60 bits per heavy atom. The summed E-state index contributed by atoms with van der Waals surface area (Å²) in [5.74, 6) is 0.473. The normalized spacial score (nSPS) is 12.2. The number of hydrogen-bond donors (Lipinski definition) is 0. The number of hydrogen-bond acceptors (Lipinski definition) is 3. The maximum Gasteiger partial charge on any atom is 0.227 e. The number of oxazole rings is 1. The van der Waals surface area contributed by atoms with Crippen molar-refractivity contribution in [3.05, 3.63) is 53.6 Å². The third-order valence-corrected chi connectivity index (χ3v) is 3.40. The van der Waals surface area contributed by atoms with Crippen LogP contribution in [0.4, 0.5) is 0 Å². The maximum absolute atomic E-state index is 8.98. The van der Waals surface area contributed by atoms with E-state index in [4.69, 9.17) is 9.68 Å². The fourth-order valence-corrected chi connectivity index (χ4v) is 2.11. The van der Waals surface area contributed by atoms with Gasteiger partial charge < -0.3 is 4.42 Å². The van der Waals surface area contributed by atoms with Gasteiger partial charge in [0.15, 0.2) is 5.58 Å². The van der Waals surface area contributed by atoms with Crippen LogP contribution in [0.5, 0.6) is 0 Å². The number of fused-ring (bicyclic) bond motifs is 1. The van der Waals surface area contributed by atoms with Crippen LogP contribution in [0.1, 0.15) is 24.0 Å². The second-order valence-corrected chi connectivity index (χ2v) is 4.96. The van der Waals surface area contributed by atoms with E-state index >= 15 is 0 Å². The van der Waals surface area contributed by atoms with Gasteiger partial charge in [-0.15, -0.1) is 0 Å². The minimum absolute atomic E-state index is 0.140. The molecule has 0 spiro atoms. The lowest BCUT2D eigenvalue weighted by molar-refractivity contribution is 0.619. The van der Waals surface area contributed by atoms with Crippen LogP contribution in [-0.4, -0.2) is 4.98 Å². The highest BCUT2D eigenvalue weighted by atomic mass is 16.3. The number of rotatable bonds is 2. The SMILES string of the molecule is Cc1ccc(-c2nc3cc([C@H](C)C#N)ccc3o2)cc1. The van der Waals surface area contributed by atoms with E-state index in [9.17, 15) is 0 Å². The Morgan fingerprint density at radius 2 is 1.90 bits per heavy atom. The lowest BCUT2D eigenvalue weighted by Crippen LogP contribution is -1.88. The van der Waals surface area contributed by atoms with Crippen molar-refractivity contribution >= 4 is 11.1 Å². The van der Waals surface area contributed by atoms with Crippen molar-refractivity contribution in [3.8, 4) is 17.5 Å². The first-order chi connectivity index (χ1) is 9.67. The van der Waals surface area contributed by atoms with Crippen molar-refractivity contribution in [2.45, 2.75) is 19.8 Å². The molecule has 3 rings (SSSR count). The molecule has 0 bridgehead atoms. The molecular weight excluding hydrogens is 248 g/mol. The van der Waals surface area contributed by atoms with E-state index < -0.39 is 0 Å². The lowest BCUT2D eigenvalue weighted by Gasteiger charge is -2.00. The zero-order chi connectivity index (χ0) is 14.1. The molecule has 0 N–H and O–H groups in total. The summed E-state index contributed by atoms with van der Waals surface area (Å²) in [6.45, 7) is 3.92. The quantitative estimate of drug-likeness (QED) is 0.686. The molecule has 0 aliphatic rings. The molecule has 0 aliphatic heterocycles. The van der Waals surface area contributed by atoms with Crippen LogP contribution in [0, 0.1) is 18.3 Å². The van der Waals surface area contributed by atoms with Crippen molar-refractivity contribution in [1.29, 1.82) is 5.26 Å². The van der Waals surface area contributed by atoms with Gasteiger partial charge in [-0.3, -0.25) is 0 Å². The minimum Gasteiger partial charge on any atom is -0.436 e. The summed E-state index contributed by atoms with van der Waals surface area (Å²) in [6.07, 6.45) is 0. The van der Waals surface area contributed by atoms with Crippen LogP contribution in [0.25, 0.3) is 22.6 Å². The second-order valence-electron chi connectivity index (χ2n) is 4.96. The predicted octanol–water partition coefficient (Wildman–Crippen LogP) is 4.43. The average Bonchev–Trinajstić information content (AvgIpc) is 2.90. The van der Waals surface area contributed by atoms with E-state index in [-0.39, 0.29) is 5.92 Å². The van der Waals surface area contributed by atoms with Gasteiger partial charge in [-0.25, -0.2) is 4.98 Å². The fraction of sp³-hybridized carbons (Fsp3) is 0.176. The third-order valence-electron chi connectivity index (χ3n) is 3.40. The van der Waals surface area contributed by atoms with Gasteiger partial charge in [0.2, 0.25) is 5.89 Å². The van der Waals surface area contributed by atoms with Gasteiger partial charge in [-0.05, 0) is 43.7 Å². The van der Waals surface area contributed by atoms with E-state index in [2.05, 4.69) is 11.1 Å². The van der Waals surface area contributed by atoms with Crippen LogP contribution in [0.2, 0.25) is 0 Å². The first-order valence-corrected chi connectivity index (χ1v) is 6.54. The highest BCUT2D eigenvalue weighted by Gasteiger charge is 2.11. The summed E-state index contributed by atoms with van der Waals surface area (Å²) in [6, 6.07) is 16.0. The number of benzene rings is 2. The molecular formula is C17H14N2O. The highest BCUT2D eigenvalue weighted by Crippen LogP contribution is 2.26. The molecule has 0 fully saturated rings. The Bertz CT molecular complexity index is 794. The molecule has 0 unspecified atom stereocenters. The number of nitriles is 1. The second kappa shape index (κ2) is 4.82. The Kier molecular flexibility index (Phi) is 3.00. The molecule has 2 aromatic carbocycles. The average molecular weight is 262 g/mol. The molecule has 1 heterocycles. The molecule has 1 atom stereocenters. The van der Waals surface area contributed by atoms with E-state index in [0.29, 0.717) is 5.89 Å². The number of aromatic nitrogens is 1. The summed E-state index contributed by atoms with van der Waals surface area (Å²) in [4.78, 5) is 4.51. The van der Waals surface area contributed by atoms with Crippen LogP contribution in [-0.2, 0) is 0 Å². The van der Waals surface area contributed by atoms with Crippen LogP contribution >= 0.6 is 0 Å². The van der Waals surface area contributed by atoms with Gasteiger partial charge >= 0.3 is 0 Å². The monoisotopic (exact) mass is 262 g/mol.